The molecule has 2 heterocycles. The number of esters is 1. The molecule has 0 radical (unpaired) electrons. The van der Waals surface area contributed by atoms with E-state index in [4.69, 9.17) is 4.74 Å². The molecule has 1 aromatic rings. The smallest absolute Gasteiger partial charge is 0.311 e. The molecule has 134 valence electrons. The number of nitrogens with zero attached hydrogens (tertiary/aromatic N) is 2. The van der Waals surface area contributed by atoms with Crippen molar-refractivity contribution in [2.75, 3.05) is 20.2 Å². The summed E-state index contributed by atoms with van der Waals surface area (Å²) >= 11 is 0. The molecule has 6 nitrogen and oxygen atoms in total. The average molecular weight is 335 g/mol. The average Bonchev–Trinajstić information content (AvgIpc) is 2.90. The Hall–Kier alpha value is -1.85. The second kappa shape index (κ2) is 7.36. The standard InChI is InChI=1S/C18H29N3O3/c1-12-15(13(2)20-19-12)8-9-16(22)21-10-6-7-14(11-21)18(3,4)17(23)24-5/h14H,6-11H2,1-5H3,(H,19,20). The molecule has 1 aliphatic rings. The monoisotopic (exact) mass is 335 g/mol. The molecule has 2 rings (SSSR count). The molecule has 1 N–H and O–H groups in total. The van der Waals surface area contributed by atoms with Crippen molar-refractivity contribution in [3.8, 4) is 0 Å². The van der Waals surface area contributed by atoms with Crippen molar-refractivity contribution < 1.29 is 14.3 Å². The molecule has 6 heteroatoms. The number of piperidine rings is 1. The number of carbonyl (C=O) groups excluding carboxylic acids is 2. The van der Waals surface area contributed by atoms with Crippen LogP contribution in [0.25, 0.3) is 0 Å². The molecular weight excluding hydrogens is 306 g/mol. The number of carbonyl (C=O) groups is 2. The number of hydrogen-bond acceptors (Lipinski definition) is 4. The van der Waals surface area contributed by atoms with Crippen LogP contribution in [0.1, 0.15) is 50.1 Å². The molecule has 24 heavy (non-hydrogen) atoms. The van der Waals surface area contributed by atoms with Gasteiger partial charge in [0.1, 0.15) is 0 Å². The summed E-state index contributed by atoms with van der Waals surface area (Å²) in [4.78, 5) is 26.5. The van der Waals surface area contributed by atoms with E-state index >= 15 is 0 Å². The highest BCUT2D eigenvalue weighted by Gasteiger charge is 2.40. The predicted molar refractivity (Wildman–Crippen MR) is 91.5 cm³/mol. The zero-order valence-corrected chi connectivity index (χ0v) is 15.4. The Labute approximate surface area is 143 Å². The van der Waals surface area contributed by atoms with Crippen LogP contribution >= 0.6 is 0 Å². The van der Waals surface area contributed by atoms with Gasteiger partial charge in [0.25, 0.3) is 0 Å². The third-order valence-corrected chi connectivity index (χ3v) is 5.38. The van der Waals surface area contributed by atoms with Gasteiger partial charge in [0, 0.05) is 25.2 Å². The van der Waals surface area contributed by atoms with E-state index in [1.54, 1.807) is 0 Å². The number of nitrogens with one attached hydrogen (secondary N) is 1. The molecule has 1 amide bonds. The topological polar surface area (TPSA) is 75.3 Å². The Morgan fingerprint density at radius 2 is 2.08 bits per heavy atom. The number of aromatic amines is 1. The SMILES string of the molecule is COC(=O)C(C)(C)C1CCCN(C(=O)CCc2c(C)n[nH]c2C)C1. The van der Waals surface area contributed by atoms with Gasteiger partial charge in [-0.05, 0) is 58.4 Å². The van der Waals surface area contributed by atoms with Crippen molar-refractivity contribution in [2.24, 2.45) is 11.3 Å². The summed E-state index contributed by atoms with van der Waals surface area (Å²) in [5.41, 5.74) is 2.56. The van der Waals surface area contributed by atoms with E-state index in [2.05, 4.69) is 10.2 Å². The summed E-state index contributed by atoms with van der Waals surface area (Å²) in [5, 5.41) is 7.14. The minimum atomic E-state index is -0.564. The third-order valence-electron chi connectivity index (χ3n) is 5.38. The second-order valence-corrected chi connectivity index (χ2v) is 7.30. The van der Waals surface area contributed by atoms with Crippen molar-refractivity contribution in [3.63, 3.8) is 0 Å². The summed E-state index contributed by atoms with van der Waals surface area (Å²) in [6.45, 7) is 9.17. The summed E-state index contributed by atoms with van der Waals surface area (Å²) < 4.78 is 4.93. The van der Waals surface area contributed by atoms with Crippen LogP contribution in [0.15, 0.2) is 0 Å². The summed E-state index contributed by atoms with van der Waals surface area (Å²) in [5.74, 6) is 0.0897. The number of likely N-dealkylation sites (tertiary alicyclic amines) is 1. The first kappa shape index (κ1) is 18.5. The van der Waals surface area contributed by atoms with E-state index in [0.717, 1.165) is 36.3 Å². The van der Waals surface area contributed by atoms with Gasteiger partial charge in [-0.2, -0.15) is 5.10 Å². The van der Waals surface area contributed by atoms with Crippen molar-refractivity contribution in [1.82, 2.24) is 15.1 Å². The first-order chi connectivity index (χ1) is 11.3. The van der Waals surface area contributed by atoms with Gasteiger partial charge in [0.05, 0.1) is 18.2 Å². The van der Waals surface area contributed by atoms with Gasteiger partial charge >= 0.3 is 5.97 Å². The number of hydrogen-bond donors (Lipinski definition) is 1. The molecule has 0 aromatic carbocycles. The molecule has 0 spiro atoms. The zero-order chi connectivity index (χ0) is 17.9. The fraction of sp³-hybridized carbons (Fsp3) is 0.722. The molecule has 1 atom stereocenters. The van der Waals surface area contributed by atoms with E-state index in [9.17, 15) is 9.59 Å². The van der Waals surface area contributed by atoms with E-state index in [1.165, 1.54) is 7.11 Å². The highest BCUT2D eigenvalue weighted by atomic mass is 16.5. The van der Waals surface area contributed by atoms with E-state index in [1.807, 2.05) is 32.6 Å². The minimum absolute atomic E-state index is 0.139. The number of rotatable bonds is 5. The van der Waals surface area contributed by atoms with Gasteiger partial charge in [0.15, 0.2) is 0 Å². The molecule has 0 bridgehead atoms. The lowest BCUT2D eigenvalue weighted by molar-refractivity contribution is -0.156. The molecule has 1 fully saturated rings. The molecule has 0 saturated carbocycles. The molecule has 1 unspecified atom stereocenters. The van der Waals surface area contributed by atoms with Crippen LogP contribution < -0.4 is 0 Å². The van der Waals surface area contributed by atoms with Crippen LogP contribution in [0.2, 0.25) is 0 Å². The van der Waals surface area contributed by atoms with Crippen molar-refractivity contribution in [1.29, 1.82) is 0 Å². The van der Waals surface area contributed by atoms with E-state index in [-0.39, 0.29) is 17.8 Å². The van der Waals surface area contributed by atoms with Gasteiger partial charge in [-0.3, -0.25) is 14.7 Å². The maximum Gasteiger partial charge on any atom is 0.311 e. The fourth-order valence-corrected chi connectivity index (χ4v) is 3.55. The molecule has 1 aromatic heterocycles. The maximum atomic E-state index is 12.6. The fourth-order valence-electron chi connectivity index (χ4n) is 3.55. The Morgan fingerprint density at radius 3 is 2.67 bits per heavy atom. The molecule has 1 saturated heterocycles. The number of amides is 1. The molecule has 0 aliphatic carbocycles. The quantitative estimate of drug-likeness (QED) is 0.839. The van der Waals surface area contributed by atoms with E-state index < -0.39 is 5.41 Å². The second-order valence-electron chi connectivity index (χ2n) is 7.30. The predicted octanol–water partition coefficient (Wildman–Crippen LogP) is 2.40. The summed E-state index contributed by atoms with van der Waals surface area (Å²) in [6.07, 6.45) is 3.06. The molecular formula is C18H29N3O3. The largest absolute Gasteiger partial charge is 0.469 e. The van der Waals surface area contributed by atoms with Crippen molar-refractivity contribution >= 4 is 11.9 Å². The Morgan fingerprint density at radius 1 is 1.38 bits per heavy atom. The van der Waals surface area contributed by atoms with Crippen LogP contribution in [0.5, 0.6) is 0 Å². The third kappa shape index (κ3) is 3.79. The first-order valence-electron chi connectivity index (χ1n) is 8.64. The maximum absolute atomic E-state index is 12.6. The highest BCUT2D eigenvalue weighted by molar-refractivity contribution is 5.78. The van der Waals surface area contributed by atoms with E-state index in [0.29, 0.717) is 19.4 Å². The summed E-state index contributed by atoms with van der Waals surface area (Å²) in [7, 11) is 1.42. The lowest BCUT2D eigenvalue weighted by atomic mass is 9.74. The summed E-state index contributed by atoms with van der Waals surface area (Å²) in [6, 6.07) is 0. The van der Waals surface area contributed by atoms with Crippen molar-refractivity contribution in [3.05, 3.63) is 17.0 Å². The number of ether oxygens (including phenoxy) is 1. The van der Waals surface area contributed by atoms with Gasteiger partial charge in [-0.25, -0.2) is 0 Å². The van der Waals surface area contributed by atoms with Crippen LogP contribution in [0.4, 0.5) is 0 Å². The van der Waals surface area contributed by atoms with Crippen LogP contribution in [0.3, 0.4) is 0 Å². The van der Waals surface area contributed by atoms with Gasteiger partial charge < -0.3 is 9.64 Å². The Kier molecular flexibility index (Phi) is 5.67. The number of aryl methyl sites for hydroxylation is 2. The van der Waals surface area contributed by atoms with Gasteiger partial charge in [-0.1, -0.05) is 0 Å². The Balaban J connectivity index is 1.96. The number of H-pyrrole nitrogens is 1. The molecule has 1 aliphatic heterocycles. The lowest BCUT2D eigenvalue weighted by Gasteiger charge is -2.39. The van der Waals surface area contributed by atoms with Crippen molar-refractivity contribution in [2.45, 2.75) is 53.4 Å². The van der Waals surface area contributed by atoms with Gasteiger partial charge in [0.2, 0.25) is 5.91 Å². The normalized spacial score (nSPS) is 18.5. The van der Waals surface area contributed by atoms with Crippen LogP contribution in [0, 0.1) is 25.2 Å². The van der Waals surface area contributed by atoms with Crippen LogP contribution in [-0.2, 0) is 20.7 Å². The highest BCUT2D eigenvalue weighted by Crippen LogP contribution is 2.35. The van der Waals surface area contributed by atoms with Gasteiger partial charge in [-0.15, -0.1) is 0 Å². The van der Waals surface area contributed by atoms with Crippen LogP contribution in [-0.4, -0.2) is 47.2 Å². The number of aromatic nitrogens is 2. The lowest BCUT2D eigenvalue weighted by Crippen LogP contribution is -2.47. The zero-order valence-electron chi connectivity index (χ0n) is 15.4. The number of methoxy groups -OCH3 is 1. The minimum Gasteiger partial charge on any atom is -0.469 e. The Bertz CT molecular complexity index is 587. The first-order valence-corrected chi connectivity index (χ1v) is 8.64.